The molecule has 0 saturated heterocycles. The van der Waals surface area contributed by atoms with Crippen LogP contribution in [0.25, 0.3) is 0 Å². The molecule has 0 fully saturated rings. The predicted octanol–water partition coefficient (Wildman–Crippen LogP) is 2.48. The second-order valence-corrected chi connectivity index (χ2v) is 4.63. The molecule has 0 amide bonds. The topological polar surface area (TPSA) is 40.5 Å². The Labute approximate surface area is 82.4 Å². The third-order valence-corrected chi connectivity index (χ3v) is 3.28. The highest BCUT2D eigenvalue weighted by molar-refractivity contribution is 9.09. The fourth-order valence-corrected chi connectivity index (χ4v) is 1.50. The smallest absolute Gasteiger partial charge is 0.0809 e. The Morgan fingerprint density at radius 3 is 2.17 bits per heavy atom. The molecule has 0 saturated carbocycles. The first kappa shape index (κ1) is 12.0. The second kappa shape index (κ2) is 5.60. The van der Waals surface area contributed by atoms with E-state index in [1.807, 2.05) is 6.92 Å². The van der Waals surface area contributed by atoms with Crippen LogP contribution < -0.4 is 0 Å². The number of alkyl halides is 1. The molecular formula is C9H17BrO2. The molecule has 3 atom stereocenters. The van der Waals surface area contributed by atoms with Gasteiger partial charge in [0, 0.05) is 4.83 Å². The van der Waals surface area contributed by atoms with Crippen LogP contribution in [0.2, 0.25) is 0 Å². The molecule has 0 aromatic rings. The van der Waals surface area contributed by atoms with E-state index in [4.69, 9.17) is 10.2 Å². The lowest BCUT2D eigenvalue weighted by atomic mass is 9.88. The van der Waals surface area contributed by atoms with Crippen LogP contribution in [0.1, 0.15) is 20.8 Å². The fraction of sp³-hybridized carbons (Fsp3) is 0.778. The summed E-state index contributed by atoms with van der Waals surface area (Å²) in [4.78, 5) is 0.383. The minimum absolute atomic E-state index is 0.0677. The van der Waals surface area contributed by atoms with Gasteiger partial charge in [0.05, 0.1) is 12.9 Å². The van der Waals surface area contributed by atoms with Crippen LogP contribution in [0.15, 0.2) is 11.8 Å². The normalized spacial score (nSPS) is 20.2. The average molecular weight is 237 g/mol. The fourth-order valence-electron chi connectivity index (χ4n) is 1.04. The highest BCUT2D eigenvalue weighted by Crippen LogP contribution is 2.26. The Morgan fingerprint density at radius 1 is 1.42 bits per heavy atom. The number of halogens is 1. The van der Waals surface area contributed by atoms with Gasteiger partial charge in [-0.15, -0.1) is 0 Å². The molecule has 0 heterocycles. The van der Waals surface area contributed by atoms with Crippen molar-refractivity contribution in [3.05, 3.63) is 11.8 Å². The molecule has 0 spiro atoms. The van der Waals surface area contributed by atoms with E-state index in [-0.39, 0.29) is 12.5 Å². The molecule has 0 radical (unpaired) electrons. The number of rotatable bonds is 4. The van der Waals surface area contributed by atoms with E-state index in [9.17, 15) is 0 Å². The summed E-state index contributed by atoms with van der Waals surface area (Å²) >= 11 is 3.48. The summed E-state index contributed by atoms with van der Waals surface area (Å²) in [7, 11) is 0. The van der Waals surface area contributed by atoms with Crippen molar-refractivity contribution >= 4 is 15.9 Å². The van der Waals surface area contributed by atoms with Crippen molar-refractivity contribution in [1.82, 2.24) is 0 Å². The van der Waals surface area contributed by atoms with Crippen LogP contribution in [0.5, 0.6) is 0 Å². The molecule has 0 aliphatic heterocycles. The molecule has 0 rings (SSSR count). The zero-order chi connectivity index (χ0) is 9.72. The minimum Gasteiger partial charge on any atom is -0.516 e. The molecule has 0 aromatic heterocycles. The van der Waals surface area contributed by atoms with Crippen LogP contribution in [0.3, 0.4) is 0 Å². The van der Waals surface area contributed by atoms with Gasteiger partial charge in [-0.25, -0.2) is 0 Å². The second-order valence-electron chi connectivity index (χ2n) is 3.19. The van der Waals surface area contributed by atoms with E-state index in [0.29, 0.717) is 16.3 Å². The van der Waals surface area contributed by atoms with Gasteiger partial charge in [-0.1, -0.05) is 36.7 Å². The first-order chi connectivity index (χ1) is 5.54. The summed E-state index contributed by atoms with van der Waals surface area (Å²) in [5, 5.41) is 17.7. The predicted molar refractivity (Wildman–Crippen MR) is 54.5 cm³/mol. The molecule has 2 nitrogen and oxygen atoms in total. The number of aliphatic hydroxyl groups is 2. The zero-order valence-electron chi connectivity index (χ0n) is 7.79. The van der Waals surface area contributed by atoms with E-state index in [0.717, 1.165) is 6.26 Å². The number of hydrogen-bond acceptors (Lipinski definition) is 2. The van der Waals surface area contributed by atoms with E-state index in [1.54, 1.807) is 0 Å². The standard InChI is InChI=1S/C9H17BrO2/c1-6(8(3)10)7(2)9(4-11)5-12/h4,6-8,11-12H,5H2,1-3H3/b9-4+/t6-,7?,8+/m0/s1. The van der Waals surface area contributed by atoms with Gasteiger partial charge < -0.3 is 10.2 Å². The Kier molecular flexibility index (Phi) is 5.59. The lowest BCUT2D eigenvalue weighted by Crippen LogP contribution is -2.19. The van der Waals surface area contributed by atoms with Crippen LogP contribution in [0.4, 0.5) is 0 Å². The minimum atomic E-state index is -0.0677. The third-order valence-electron chi connectivity index (χ3n) is 2.45. The van der Waals surface area contributed by atoms with E-state index in [1.165, 1.54) is 0 Å². The van der Waals surface area contributed by atoms with Gasteiger partial charge in [-0.2, -0.15) is 0 Å². The number of hydrogen-bond donors (Lipinski definition) is 2. The van der Waals surface area contributed by atoms with Crippen molar-refractivity contribution in [3.63, 3.8) is 0 Å². The maximum absolute atomic E-state index is 8.88. The molecule has 0 bridgehead atoms. The largest absolute Gasteiger partial charge is 0.516 e. The molecule has 12 heavy (non-hydrogen) atoms. The third kappa shape index (κ3) is 3.15. The molecule has 72 valence electrons. The van der Waals surface area contributed by atoms with Gasteiger partial charge in [0.2, 0.25) is 0 Å². The molecular weight excluding hydrogens is 220 g/mol. The molecule has 1 unspecified atom stereocenters. The maximum Gasteiger partial charge on any atom is 0.0809 e. The van der Waals surface area contributed by atoms with Crippen LogP contribution >= 0.6 is 15.9 Å². The average Bonchev–Trinajstić information content (AvgIpc) is 2.05. The first-order valence-electron chi connectivity index (χ1n) is 4.12. The lowest BCUT2D eigenvalue weighted by molar-refractivity contribution is 0.288. The van der Waals surface area contributed by atoms with Gasteiger partial charge in [0.15, 0.2) is 0 Å². The summed E-state index contributed by atoms with van der Waals surface area (Å²) in [6.07, 6.45) is 1.01. The van der Waals surface area contributed by atoms with E-state index >= 15 is 0 Å². The summed E-state index contributed by atoms with van der Waals surface area (Å²) in [6.45, 7) is 6.08. The van der Waals surface area contributed by atoms with Crippen molar-refractivity contribution in [2.45, 2.75) is 25.6 Å². The van der Waals surface area contributed by atoms with Crippen LogP contribution in [-0.4, -0.2) is 21.6 Å². The Balaban J connectivity index is 4.26. The van der Waals surface area contributed by atoms with Crippen molar-refractivity contribution in [3.8, 4) is 0 Å². The molecule has 0 aliphatic rings. The Bertz CT molecular complexity index is 155. The number of aliphatic hydroxyl groups excluding tert-OH is 2. The lowest BCUT2D eigenvalue weighted by Gasteiger charge is -2.23. The van der Waals surface area contributed by atoms with Crippen molar-refractivity contribution in [1.29, 1.82) is 0 Å². The molecule has 0 aliphatic carbocycles. The zero-order valence-corrected chi connectivity index (χ0v) is 9.37. The van der Waals surface area contributed by atoms with Gasteiger partial charge in [-0.05, 0) is 17.4 Å². The molecule has 2 N–H and O–H groups in total. The highest BCUT2D eigenvalue weighted by atomic mass is 79.9. The van der Waals surface area contributed by atoms with Gasteiger partial charge in [-0.3, -0.25) is 0 Å². The van der Waals surface area contributed by atoms with Gasteiger partial charge >= 0.3 is 0 Å². The van der Waals surface area contributed by atoms with Crippen molar-refractivity contribution < 1.29 is 10.2 Å². The summed E-state index contributed by atoms with van der Waals surface area (Å²) in [5.74, 6) is 0.602. The monoisotopic (exact) mass is 236 g/mol. The van der Waals surface area contributed by atoms with Crippen LogP contribution in [-0.2, 0) is 0 Å². The maximum atomic E-state index is 8.88. The SMILES string of the molecule is CC(/C(=C/O)CO)[C@H](C)[C@@H](C)Br. The van der Waals surface area contributed by atoms with Gasteiger partial charge in [0.1, 0.15) is 0 Å². The Hall–Kier alpha value is -0.0200. The molecule has 3 heteroatoms. The summed E-state index contributed by atoms with van der Waals surface area (Å²) in [6, 6.07) is 0. The highest BCUT2D eigenvalue weighted by Gasteiger charge is 2.19. The quantitative estimate of drug-likeness (QED) is 0.582. The Morgan fingerprint density at radius 2 is 1.92 bits per heavy atom. The molecule has 0 aromatic carbocycles. The van der Waals surface area contributed by atoms with Crippen LogP contribution in [0, 0.1) is 11.8 Å². The van der Waals surface area contributed by atoms with Crippen molar-refractivity contribution in [2.75, 3.05) is 6.61 Å². The first-order valence-corrected chi connectivity index (χ1v) is 5.04. The summed E-state index contributed by atoms with van der Waals surface area (Å²) < 4.78 is 0. The summed E-state index contributed by atoms with van der Waals surface area (Å²) in [5.41, 5.74) is 0.689. The van der Waals surface area contributed by atoms with Crippen molar-refractivity contribution in [2.24, 2.45) is 11.8 Å². The van der Waals surface area contributed by atoms with E-state index < -0.39 is 0 Å². The van der Waals surface area contributed by atoms with Gasteiger partial charge in [0.25, 0.3) is 0 Å². The van der Waals surface area contributed by atoms with E-state index in [2.05, 4.69) is 29.8 Å².